The lowest BCUT2D eigenvalue weighted by molar-refractivity contribution is -0.144. The van der Waals surface area contributed by atoms with Crippen molar-refractivity contribution in [2.24, 2.45) is 11.8 Å². The van der Waals surface area contributed by atoms with Crippen molar-refractivity contribution in [3.05, 3.63) is 70.2 Å². The molecule has 0 aromatic heterocycles. The number of rotatable bonds is 3. The number of aliphatic hydroxyl groups is 3. The number of hydrogen-bond donors (Lipinski definition) is 5. The Labute approximate surface area is 213 Å². The molecule has 2 unspecified atom stereocenters. The maximum atomic E-state index is 13.9. The van der Waals surface area contributed by atoms with Gasteiger partial charge in [-0.1, -0.05) is 30.3 Å². The lowest BCUT2D eigenvalue weighted by Gasteiger charge is -2.46. The summed E-state index contributed by atoms with van der Waals surface area (Å²) in [5.41, 5.74) is -0.856. The zero-order valence-corrected chi connectivity index (χ0v) is 20.7. The summed E-state index contributed by atoms with van der Waals surface area (Å²) in [6.07, 6.45) is 0.175. The molecule has 192 valence electrons. The number of Topliss-reactive ketones (excluding diaryl/α,β-unsaturated/α-hetero) is 2. The predicted molar refractivity (Wildman–Crippen MR) is 135 cm³/mol. The van der Waals surface area contributed by atoms with Gasteiger partial charge in [0, 0.05) is 50.3 Å². The van der Waals surface area contributed by atoms with E-state index >= 15 is 0 Å². The van der Waals surface area contributed by atoms with Crippen molar-refractivity contribution in [1.29, 1.82) is 0 Å². The van der Waals surface area contributed by atoms with Crippen LogP contribution >= 0.6 is 0 Å². The zero-order valence-electron chi connectivity index (χ0n) is 20.7. The summed E-state index contributed by atoms with van der Waals surface area (Å²) in [7, 11) is 4.94. The van der Waals surface area contributed by atoms with Crippen molar-refractivity contribution in [2.45, 2.75) is 24.9 Å². The van der Waals surface area contributed by atoms with Crippen LogP contribution in [0.15, 0.2) is 59.1 Å². The normalized spacial score (nSPS) is 24.9. The molecule has 2 aromatic carbocycles. The number of aromatic hydroxyl groups is 1. The topological polar surface area (TPSA) is 147 Å². The van der Waals surface area contributed by atoms with Gasteiger partial charge >= 0.3 is 0 Å². The van der Waals surface area contributed by atoms with Gasteiger partial charge in [-0.3, -0.25) is 14.4 Å². The number of phenols is 1. The Morgan fingerprint density at radius 2 is 1.76 bits per heavy atom. The van der Waals surface area contributed by atoms with Gasteiger partial charge in [0.2, 0.25) is 5.78 Å². The van der Waals surface area contributed by atoms with Gasteiger partial charge in [0.25, 0.3) is 5.91 Å². The van der Waals surface area contributed by atoms with Crippen LogP contribution in [-0.2, 0) is 16.0 Å². The third-order valence-electron chi connectivity index (χ3n) is 7.81. The fourth-order valence-electron chi connectivity index (χ4n) is 6.01. The molecule has 0 bridgehead atoms. The van der Waals surface area contributed by atoms with E-state index in [1.165, 1.54) is 7.05 Å². The summed E-state index contributed by atoms with van der Waals surface area (Å²) in [6.45, 7) is 0. The number of likely N-dealkylation sites (N-methyl/N-ethyl adjacent to an activating group) is 1. The number of carbonyl (C=O) groups excluding carboxylic acids is 3. The van der Waals surface area contributed by atoms with Gasteiger partial charge in [0.05, 0.1) is 5.56 Å². The van der Waals surface area contributed by atoms with Crippen LogP contribution < -0.4 is 10.2 Å². The van der Waals surface area contributed by atoms with E-state index in [4.69, 9.17) is 0 Å². The summed E-state index contributed by atoms with van der Waals surface area (Å²) in [6, 6.07) is 10.9. The predicted octanol–water partition coefficient (Wildman–Crippen LogP) is 2.57. The third kappa shape index (κ3) is 3.37. The van der Waals surface area contributed by atoms with Gasteiger partial charge in [0.15, 0.2) is 11.4 Å². The summed E-state index contributed by atoms with van der Waals surface area (Å²) >= 11 is 0. The van der Waals surface area contributed by atoms with Crippen LogP contribution in [0.2, 0.25) is 0 Å². The second-order valence-electron chi connectivity index (χ2n) is 10.0. The van der Waals surface area contributed by atoms with Crippen LogP contribution in [0.4, 0.5) is 5.69 Å². The first kappa shape index (κ1) is 24.6. The summed E-state index contributed by atoms with van der Waals surface area (Å²) < 4.78 is 0. The quantitative estimate of drug-likeness (QED) is 0.401. The van der Waals surface area contributed by atoms with E-state index < -0.39 is 52.0 Å². The van der Waals surface area contributed by atoms with E-state index in [0.29, 0.717) is 16.7 Å². The number of aliphatic hydroxyl groups excluding tert-OH is 2. The Hall–Kier alpha value is -4.11. The van der Waals surface area contributed by atoms with Crippen LogP contribution in [-0.4, -0.2) is 64.6 Å². The third-order valence-corrected chi connectivity index (χ3v) is 7.81. The highest BCUT2D eigenvalue weighted by molar-refractivity contribution is 6.25. The largest absolute Gasteiger partial charge is 0.511 e. The van der Waals surface area contributed by atoms with Crippen LogP contribution in [0.25, 0.3) is 11.1 Å². The number of carbonyl (C=O) groups is 3. The van der Waals surface area contributed by atoms with Crippen molar-refractivity contribution in [3.8, 4) is 16.9 Å². The minimum Gasteiger partial charge on any atom is -0.511 e. The molecule has 1 amide bonds. The number of benzene rings is 2. The van der Waals surface area contributed by atoms with Crippen molar-refractivity contribution in [3.63, 3.8) is 0 Å². The number of fused-ring (bicyclic) bond motifs is 3. The molecule has 0 spiro atoms. The van der Waals surface area contributed by atoms with Gasteiger partial charge in [-0.25, -0.2) is 0 Å². The molecule has 0 radical (unpaired) electrons. The molecule has 2 aromatic rings. The van der Waals surface area contributed by atoms with Gasteiger partial charge in [-0.2, -0.15) is 0 Å². The smallest absolute Gasteiger partial charge is 0.258 e. The number of amides is 1. The zero-order chi connectivity index (χ0) is 26.8. The van der Waals surface area contributed by atoms with Crippen LogP contribution in [0, 0.1) is 11.8 Å². The van der Waals surface area contributed by atoms with Crippen molar-refractivity contribution < 1.29 is 34.8 Å². The van der Waals surface area contributed by atoms with E-state index in [-0.39, 0.29) is 36.1 Å². The van der Waals surface area contributed by atoms with Crippen molar-refractivity contribution in [1.82, 2.24) is 5.32 Å². The van der Waals surface area contributed by atoms with Gasteiger partial charge in [-0.15, -0.1) is 0 Å². The molecule has 37 heavy (non-hydrogen) atoms. The molecule has 0 saturated heterocycles. The van der Waals surface area contributed by atoms with E-state index in [1.807, 2.05) is 55.4 Å². The molecule has 9 heteroatoms. The number of ketones is 2. The molecule has 0 saturated carbocycles. The molecule has 0 heterocycles. The van der Waals surface area contributed by atoms with E-state index in [2.05, 4.69) is 5.32 Å². The van der Waals surface area contributed by atoms with Crippen molar-refractivity contribution >= 4 is 23.2 Å². The highest BCUT2D eigenvalue weighted by atomic mass is 16.3. The fourth-order valence-corrected chi connectivity index (χ4v) is 6.01. The Morgan fingerprint density at radius 1 is 1.08 bits per heavy atom. The standard InChI is InChI=1S/C28H28N2O7/c1-29-27(36)22-19(31)11-15-9-14-10-17-18(30(2)3)12-16(13-7-5-4-6-8-13)23(32)21(17)24(33)20(14)25(34)28(15,37)26(22)35/h4-8,12,14-15,31-32,34,37H,9-11H2,1-3H3,(H,29,36)/t14?,15?,28-/m0/s1. The molecule has 3 aliphatic carbocycles. The minimum absolute atomic E-state index is 0.0121. The summed E-state index contributed by atoms with van der Waals surface area (Å²) in [5.74, 6) is -5.75. The second-order valence-corrected chi connectivity index (χ2v) is 10.0. The maximum Gasteiger partial charge on any atom is 0.258 e. The second kappa shape index (κ2) is 8.48. The van der Waals surface area contributed by atoms with Gasteiger partial charge in [0.1, 0.15) is 22.8 Å². The molecule has 0 aliphatic heterocycles. The molecule has 5 rings (SSSR count). The van der Waals surface area contributed by atoms with Gasteiger partial charge in [-0.05, 0) is 36.0 Å². The Kier molecular flexibility index (Phi) is 5.64. The van der Waals surface area contributed by atoms with E-state index in [1.54, 1.807) is 0 Å². The molecule has 9 nitrogen and oxygen atoms in total. The maximum absolute atomic E-state index is 13.9. The van der Waals surface area contributed by atoms with E-state index in [9.17, 15) is 34.8 Å². The van der Waals surface area contributed by atoms with Gasteiger partial charge < -0.3 is 30.6 Å². The van der Waals surface area contributed by atoms with Crippen molar-refractivity contribution in [2.75, 3.05) is 26.0 Å². The Balaban J connectivity index is 1.71. The first-order chi connectivity index (χ1) is 17.5. The van der Waals surface area contributed by atoms with Crippen LogP contribution in [0.3, 0.4) is 0 Å². The summed E-state index contributed by atoms with van der Waals surface area (Å²) in [4.78, 5) is 41.4. The highest BCUT2D eigenvalue weighted by Crippen LogP contribution is 2.53. The Bertz CT molecular complexity index is 1420. The number of allylic oxidation sites excluding steroid dienone is 2. The number of phenolic OH excluding ortho intramolecular Hbond substituents is 1. The monoisotopic (exact) mass is 504 g/mol. The average molecular weight is 505 g/mol. The lowest BCUT2D eigenvalue weighted by Crippen LogP contribution is -2.57. The fraction of sp³-hybridized carbons (Fsp3) is 0.321. The number of anilines is 1. The summed E-state index contributed by atoms with van der Waals surface area (Å²) in [5, 5.41) is 46.8. The molecular formula is C28H28N2O7. The lowest BCUT2D eigenvalue weighted by atomic mass is 9.60. The number of hydrogen-bond acceptors (Lipinski definition) is 8. The Morgan fingerprint density at radius 3 is 2.38 bits per heavy atom. The first-order valence-electron chi connectivity index (χ1n) is 12.0. The average Bonchev–Trinajstić information content (AvgIpc) is 2.86. The molecule has 3 aliphatic rings. The molecular weight excluding hydrogens is 476 g/mol. The van der Waals surface area contributed by atoms with E-state index in [0.717, 1.165) is 5.69 Å². The number of nitrogens with one attached hydrogen (secondary N) is 1. The minimum atomic E-state index is -2.54. The SMILES string of the molecule is CNC(=O)C1=C(O)CC2CC3Cc4c(N(C)C)cc(-c5ccccc5)c(O)c4C(=O)C3=C(O)[C@]2(O)C1=O. The van der Waals surface area contributed by atoms with Crippen LogP contribution in [0.5, 0.6) is 5.75 Å². The first-order valence-corrected chi connectivity index (χ1v) is 12.0. The highest BCUT2D eigenvalue weighted by Gasteiger charge is 2.60. The van der Waals surface area contributed by atoms with Crippen LogP contribution in [0.1, 0.15) is 28.8 Å². The molecule has 3 atom stereocenters. The number of nitrogens with zero attached hydrogens (tertiary/aromatic N) is 1. The molecule has 0 fully saturated rings. The molecule has 5 N–H and O–H groups in total.